The Morgan fingerprint density at radius 3 is 2.46 bits per heavy atom. The standard InChI is InChI=1S/C18H20N2O5S/c1-24-16-8-7-14(18(21)19-15-5-3-2-4-6-15)13-17(16)26(22,23)20-9-11-25-12-10-20/h2-8,13H,9-12H2,1H3,(H,19,21). The highest BCUT2D eigenvalue weighted by molar-refractivity contribution is 7.89. The smallest absolute Gasteiger partial charge is 0.255 e. The van der Waals surface area contributed by atoms with E-state index in [0.717, 1.165) is 0 Å². The maximum atomic E-state index is 13.0. The van der Waals surface area contributed by atoms with Crippen molar-refractivity contribution in [1.82, 2.24) is 4.31 Å². The van der Waals surface area contributed by atoms with Crippen LogP contribution in [0.15, 0.2) is 53.4 Å². The fourth-order valence-corrected chi connectivity index (χ4v) is 4.26. The van der Waals surface area contributed by atoms with E-state index in [1.807, 2.05) is 6.07 Å². The fraction of sp³-hybridized carbons (Fsp3) is 0.278. The monoisotopic (exact) mass is 376 g/mol. The van der Waals surface area contributed by atoms with Gasteiger partial charge in [-0.3, -0.25) is 4.79 Å². The molecule has 0 spiro atoms. The Morgan fingerprint density at radius 1 is 1.12 bits per heavy atom. The highest BCUT2D eigenvalue weighted by atomic mass is 32.2. The zero-order valence-electron chi connectivity index (χ0n) is 14.3. The van der Waals surface area contributed by atoms with Gasteiger partial charge in [-0.1, -0.05) is 18.2 Å². The topological polar surface area (TPSA) is 84.9 Å². The number of carbonyl (C=O) groups is 1. The lowest BCUT2D eigenvalue weighted by atomic mass is 10.2. The van der Waals surface area contributed by atoms with Gasteiger partial charge in [0.25, 0.3) is 5.91 Å². The Balaban J connectivity index is 1.92. The van der Waals surface area contributed by atoms with Crippen molar-refractivity contribution in [1.29, 1.82) is 0 Å². The number of carbonyl (C=O) groups excluding carboxylic acids is 1. The summed E-state index contributed by atoms with van der Waals surface area (Å²) in [5.41, 5.74) is 0.868. The Hall–Kier alpha value is -2.42. The van der Waals surface area contributed by atoms with Gasteiger partial charge in [0.1, 0.15) is 10.6 Å². The first-order valence-corrected chi connectivity index (χ1v) is 9.59. The molecule has 138 valence electrons. The number of sulfonamides is 1. The van der Waals surface area contributed by atoms with Gasteiger partial charge in [-0.2, -0.15) is 4.31 Å². The number of para-hydroxylation sites is 1. The second-order valence-electron chi connectivity index (χ2n) is 5.70. The molecular formula is C18H20N2O5S. The molecule has 1 aliphatic rings. The van der Waals surface area contributed by atoms with Crippen LogP contribution >= 0.6 is 0 Å². The summed E-state index contributed by atoms with van der Waals surface area (Å²) in [5.74, 6) is -0.190. The minimum atomic E-state index is -3.79. The zero-order valence-corrected chi connectivity index (χ0v) is 15.2. The number of methoxy groups -OCH3 is 1. The van der Waals surface area contributed by atoms with Crippen LogP contribution in [0, 0.1) is 0 Å². The van der Waals surface area contributed by atoms with E-state index in [1.165, 1.54) is 29.6 Å². The molecule has 1 saturated heterocycles. The molecular weight excluding hydrogens is 356 g/mol. The SMILES string of the molecule is COc1ccc(C(=O)Nc2ccccc2)cc1S(=O)(=O)N1CCOCC1. The highest BCUT2D eigenvalue weighted by Crippen LogP contribution is 2.28. The lowest BCUT2D eigenvalue weighted by Gasteiger charge is -2.26. The highest BCUT2D eigenvalue weighted by Gasteiger charge is 2.30. The summed E-state index contributed by atoms with van der Waals surface area (Å²) < 4.78 is 37.7. The minimum Gasteiger partial charge on any atom is -0.495 e. The molecule has 2 aromatic rings. The van der Waals surface area contributed by atoms with E-state index in [0.29, 0.717) is 18.9 Å². The molecule has 0 aliphatic carbocycles. The van der Waals surface area contributed by atoms with Gasteiger partial charge in [-0.25, -0.2) is 8.42 Å². The second kappa shape index (κ2) is 7.86. The van der Waals surface area contributed by atoms with Gasteiger partial charge < -0.3 is 14.8 Å². The Kier molecular flexibility index (Phi) is 5.55. The van der Waals surface area contributed by atoms with Crippen LogP contribution in [0.4, 0.5) is 5.69 Å². The van der Waals surface area contributed by atoms with Gasteiger partial charge >= 0.3 is 0 Å². The van der Waals surface area contributed by atoms with Crippen LogP contribution in [-0.2, 0) is 14.8 Å². The number of morpholine rings is 1. The van der Waals surface area contributed by atoms with Crippen LogP contribution in [0.1, 0.15) is 10.4 Å². The summed E-state index contributed by atoms with van der Waals surface area (Å²) in [6.45, 7) is 1.23. The van der Waals surface area contributed by atoms with E-state index in [4.69, 9.17) is 9.47 Å². The number of amides is 1. The van der Waals surface area contributed by atoms with Crippen LogP contribution in [-0.4, -0.2) is 52.0 Å². The van der Waals surface area contributed by atoms with Gasteiger partial charge in [-0.05, 0) is 30.3 Å². The molecule has 1 amide bonds. The molecule has 1 aliphatic heterocycles. The largest absolute Gasteiger partial charge is 0.495 e. The number of nitrogens with one attached hydrogen (secondary N) is 1. The van der Waals surface area contributed by atoms with Crippen molar-refractivity contribution < 1.29 is 22.7 Å². The number of hydrogen-bond donors (Lipinski definition) is 1. The maximum Gasteiger partial charge on any atom is 0.255 e. The molecule has 0 unspecified atom stereocenters. The van der Waals surface area contributed by atoms with Gasteiger partial charge in [0.2, 0.25) is 10.0 Å². The van der Waals surface area contributed by atoms with E-state index in [-0.39, 0.29) is 29.3 Å². The van der Waals surface area contributed by atoms with E-state index in [1.54, 1.807) is 24.3 Å². The van der Waals surface area contributed by atoms with Crippen LogP contribution in [0.3, 0.4) is 0 Å². The van der Waals surface area contributed by atoms with Gasteiger partial charge in [0, 0.05) is 24.3 Å². The van der Waals surface area contributed by atoms with Crippen molar-refractivity contribution in [3.63, 3.8) is 0 Å². The normalized spacial score (nSPS) is 15.4. The number of rotatable bonds is 5. The third kappa shape index (κ3) is 3.87. The van der Waals surface area contributed by atoms with Crippen molar-refractivity contribution >= 4 is 21.6 Å². The molecule has 7 nitrogen and oxygen atoms in total. The number of anilines is 1. The molecule has 0 saturated carbocycles. The van der Waals surface area contributed by atoms with Gasteiger partial charge in [0.15, 0.2) is 0 Å². The quantitative estimate of drug-likeness (QED) is 0.862. The number of ether oxygens (including phenoxy) is 2. The summed E-state index contributed by atoms with van der Waals surface area (Å²) >= 11 is 0. The first-order valence-electron chi connectivity index (χ1n) is 8.15. The molecule has 0 atom stereocenters. The first kappa shape index (κ1) is 18.4. The molecule has 1 N–H and O–H groups in total. The minimum absolute atomic E-state index is 0.0254. The molecule has 1 heterocycles. The Labute approximate surface area is 152 Å². The third-order valence-electron chi connectivity index (χ3n) is 4.05. The second-order valence-corrected chi connectivity index (χ2v) is 7.61. The predicted octanol–water partition coefficient (Wildman–Crippen LogP) is 1.97. The molecule has 0 radical (unpaired) electrons. The maximum absolute atomic E-state index is 13.0. The lowest BCUT2D eigenvalue weighted by Crippen LogP contribution is -2.40. The summed E-state index contributed by atoms with van der Waals surface area (Å²) in [5, 5.41) is 2.75. The number of hydrogen-bond acceptors (Lipinski definition) is 5. The summed E-state index contributed by atoms with van der Waals surface area (Å²) in [6.07, 6.45) is 0. The van der Waals surface area contributed by atoms with Crippen molar-refractivity contribution in [2.45, 2.75) is 4.90 Å². The Bertz CT molecular complexity index is 878. The van der Waals surface area contributed by atoms with Crippen LogP contribution in [0.25, 0.3) is 0 Å². The van der Waals surface area contributed by atoms with Gasteiger partial charge in [-0.15, -0.1) is 0 Å². The zero-order chi connectivity index (χ0) is 18.6. The summed E-state index contributed by atoms with van der Waals surface area (Å²) in [6, 6.07) is 13.3. The van der Waals surface area contributed by atoms with Crippen molar-refractivity contribution in [3.8, 4) is 5.75 Å². The molecule has 2 aromatic carbocycles. The Morgan fingerprint density at radius 2 is 1.81 bits per heavy atom. The van der Waals surface area contributed by atoms with Crippen molar-refractivity contribution in [3.05, 3.63) is 54.1 Å². The average molecular weight is 376 g/mol. The molecule has 26 heavy (non-hydrogen) atoms. The fourth-order valence-electron chi connectivity index (χ4n) is 2.67. The predicted molar refractivity (Wildman–Crippen MR) is 97.0 cm³/mol. The number of nitrogens with zero attached hydrogens (tertiary/aromatic N) is 1. The lowest BCUT2D eigenvalue weighted by molar-refractivity contribution is 0.0729. The van der Waals surface area contributed by atoms with Crippen LogP contribution in [0.5, 0.6) is 5.75 Å². The molecule has 0 bridgehead atoms. The van der Waals surface area contributed by atoms with E-state index in [2.05, 4.69) is 5.32 Å². The van der Waals surface area contributed by atoms with Crippen LogP contribution < -0.4 is 10.1 Å². The summed E-state index contributed by atoms with van der Waals surface area (Å²) in [4.78, 5) is 12.5. The molecule has 3 rings (SSSR count). The van der Waals surface area contributed by atoms with Gasteiger partial charge in [0.05, 0.1) is 20.3 Å². The van der Waals surface area contributed by atoms with E-state index in [9.17, 15) is 13.2 Å². The van der Waals surface area contributed by atoms with E-state index < -0.39 is 15.9 Å². The average Bonchev–Trinajstić information content (AvgIpc) is 2.69. The van der Waals surface area contributed by atoms with Crippen LogP contribution in [0.2, 0.25) is 0 Å². The molecule has 0 aromatic heterocycles. The third-order valence-corrected chi connectivity index (χ3v) is 5.97. The molecule has 1 fully saturated rings. The number of benzene rings is 2. The molecule has 8 heteroatoms. The van der Waals surface area contributed by atoms with E-state index >= 15 is 0 Å². The first-order chi connectivity index (χ1) is 12.5. The van der Waals surface area contributed by atoms with Crippen molar-refractivity contribution in [2.75, 3.05) is 38.7 Å². The summed E-state index contributed by atoms with van der Waals surface area (Å²) in [7, 11) is -2.39. The van der Waals surface area contributed by atoms with Crippen molar-refractivity contribution in [2.24, 2.45) is 0 Å².